The van der Waals surface area contributed by atoms with Gasteiger partial charge in [-0.25, -0.2) is 13.1 Å². The molecule has 1 heterocycles. The SMILES string of the molecule is CCOc1ccc(C)cc1S(=O)(=O)NCC(C)(O)c1ccco1. The highest BCUT2D eigenvalue weighted by Crippen LogP contribution is 2.26. The van der Waals surface area contributed by atoms with Crippen molar-refractivity contribution in [1.82, 2.24) is 4.72 Å². The largest absolute Gasteiger partial charge is 0.492 e. The van der Waals surface area contributed by atoms with Gasteiger partial charge < -0.3 is 14.3 Å². The van der Waals surface area contributed by atoms with Gasteiger partial charge in [0.25, 0.3) is 0 Å². The highest BCUT2D eigenvalue weighted by molar-refractivity contribution is 7.89. The topological polar surface area (TPSA) is 88.8 Å². The van der Waals surface area contributed by atoms with Crippen molar-refractivity contribution in [2.24, 2.45) is 0 Å². The Kier molecular flexibility index (Phi) is 5.13. The summed E-state index contributed by atoms with van der Waals surface area (Å²) in [6.45, 7) is 5.20. The van der Waals surface area contributed by atoms with E-state index in [4.69, 9.17) is 9.15 Å². The number of benzene rings is 1. The van der Waals surface area contributed by atoms with Crippen LogP contribution in [0.1, 0.15) is 25.2 Å². The summed E-state index contributed by atoms with van der Waals surface area (Å²) in [7, 11) is -3.84. The number of ether oxygens (including phenoxy) is 1. The molecule has 1 unspecified atom stereocenters. The molecule has 1 aromatic heterocycles. The second-order valence-corrected chi connectivity index (χ2v) is 7.19. The van der Waals surface area contributed by atoms with E-state index in [-0.39, 0.29) is 22.9 Å². The minimum absolute atomic E-state index is 0.0506. The van der Waals surface area contributed by atoms with E-state index in [1.165, 1.54) is 19.3 Å². The number of hydrogen-bond acceptors (Lipinski definition) is 5. The first kappa shape index (κ1) is 17.5. The fourth-order valence-electron chi connectivity index (χ4n) is 2.09. The maximum absolute atomic E-state index is 12.6. The Labute approximate surface area is 136 Å². The molecule has 0 saturated heterocycles. The maximum Gasteiger partial charge on any atom is 0.244 e. The highest BCUT2D eigenvalue weighted by atomic mass is 32.2. The second-order valence-electron chi connectivity index (χ2n) is 5.46. The summed E-state index contributed by atoms with van der Waals surface area (Å²) in [4.78, 5) is 0.0506. The van der Waals surface area contributed by atoms with Crippen molar-refractivity contribution < 1.29 is 22.7 Å². The summed E-state index contributed by atoms with van der Waals surface area (Å²) >= 11 is 0. The van der Waals surface area contributed by atoms with Crippen molar-refractivity contribution in [2.45, 2.75) is 31.3 Å². The fourth-order valence-corrected chi connectivity index (χ4v) is 3.44. The Morgan fingerprint density at radius 1 is 1.35 bits per heavy atom. The number of hydrogen-bond donors (Lipinski definition) is 2. The van der Waals surface area contributed by atoms with Gasteiger partial charge in [0.05, 0.1) is 12.9 Å². The van der Waals surface area contributed by atoms with E-state index in [9.17, 15) is 13.5 Å². The molecule has 0 bridgehead atoms. The van der Waals surface area contributed by atoms with Gasteiger partial charge in [-0.05, 0) is 50.6 Å². The van der Waals surface area contributed by atoms with Gasteiger partial charge in [0.15, 0.2) is 0 Å². The van der Waals surface area contributed by atoms with E-state index in [2.05, 4.69) is 4.72 Å². The van der Waals surface area contributed by atoms with Crippen molar-refractivity contribution in [3.8, 4) is 5.75 Å². The normalized spacial score (nSPS) is 14.4. The molecule has 7 heteroatoms. The maximum atomic E-state index is 12.6. The molecule has 23 heavy (non-hydrogen) atoms. The third kappa shape index (κ3) is 4.13. The molecule has 1 atom stereocenters. The van der Waals surface area contributed by atoms with Crippen LogP contribution < -0.4 is 9.46 Å². The monoisotopic (exact) mass is 339 g/mol. The molecule has 0 spiro atoms. The molecule has 0 aliphatic rings. The lowest BCUT2D eigenvalue weighted by molar-refractivity contribution is 0.0395. The number of rotatable bonds is 7. The van der Waals surface area contributed by atoms with E-state index in [1.807, 2.05) is 0 Å². The molecule has 0 aliphatic carbocycles. The molecule has 2 rings (SSSR count). The molecule has 0 radical (unpaired) electrons. The average Bonchev–Trinajstić information content (AvgIpc) is 3.03. The first-order valence-corrected chi connectivity index (χ1v) is 8.74. The molecule has 0 amide bonds. The number of aryl methyl sites for hydroxylation is 1. The quantitative estimate of drug-likeness (QED) is 0.807. The average molecular weight is 339 g/mol. The summed E-state index contributed by atoms with van der Waals surface area (Å²) < 4.78 is 38.1. The lowest BCUT2D eigenvalue weighted by Crippen LogP contribution is -2.38. The molecule has 2 aromatic rings. The summed E-state index contributed by atoms with van der Waals surface area (Å²) in [6.07, 6.45) is 1.42. The Morgan fingerprint density at radius 2 is 2.09 bits per heavy atom. The fraction of sp³-hybridized carbons (Fsp3) is 0.375. The van der Waals surface area contributed by atoms with Crippen LogP contribution in [0, 0.1) is 6.92 Å². The number of nitrogens with one attached hydrogen (secondary N) is 1. The van der Waals surface area contributed by atoms with Gasteiger partial charge in [-0.2, -0.15) is 0 Å². The number of furan rings is 1. The minimum atomic E-state index is -3.84. The Bertz CT molecular complexity index is 751. The van der Waals surface area contributed by atoms with Crippen molar-refractivity contribution in [1.29, 1.82) is 0 Å². The van der Waals surface area contributed by atoms with Gasteiger partial charge >= 0.3 is 0 Å². The Morgan fingerprint density at radius 3 is 2.70 bits per heavy atom. The van der Waals surface area contributed by atoms with Crippen LogP contribution in [0.4, 0.5) is 0 Å². The lowest BCUT2D eigenvalue weighted by atomic mass is 10.1. The minimum Gasteiger partial charge on any atom is -0.492 e. The molecule has 0 fully saturated rings. The summed E-state index contributed by atoms with van der Waals surface area (Å²) in [5.74, 6) is 0.567. The first-order valence-electron chi connectivity index (χ1n) is 7.26. The zero-order valence-corrected chi connectivity index (χ0v) is 14.2. The smallest absolute Gasteiger partial charge is 0.244 e. The number of sulfonamides is 1. The van der Waals surface area contributed by atoms with Crippen LogP contribution in [-0.4, -0.2) is 26.7 Å². The predicted octanol–water partition coefficient (Wildman–Crippen LogP) is 2.17. The summed E-state index contributed by atoms with van der Waals surface area (Å²) in [6, 6.07) is 8.16. The molecule has 126 valence electrons. The second kappa shape index (κ2) is 6.74. The summed E-state index contributed by atoms with van der Waals surface area (Å²) in [5.41, 5.74) is -0.654. The van der Waals surface area contributed by atoms with Gasteiger partial charge in [-0.3, -0.25) is 0 Å². The van der Waals surface area contributed by atoms with Gasteiger partial charge in [0, 0.05) is 6.54 Å². The third-order valence-electron chi connectivity index (χ3n) is 3.35. The lowest BCUT2D eigenvalue weighted by Gasteiger charge is -2.21. The van der Waals surface area contributed by atoms with E-state index in [1.54, 1.807) is 38.1 Å². The standard InChI is InChI=1S/C16H21NO5S/c1-4-21-13-8-7-12(2)10-14(13)23(19,20)17-11-16(3,18)15-6-5-9-22-15/h5-10,17-18H,4,11H2,1-3H3. The molecular weight excluding hydrogens is 318 g/mol. The molecular formula is C16H21NO5S. The number of aliphatic hydroxyl groups is 1. The van der Waals surface area contributed by atoms with E-state index < -0.39 is 15.6 Å². The van der Waals surface area contributed by atoms with Crippen LogP contribution in [0.25, 0.3) is 0 Å². The molecule has 6 nitrogen and oxygen atoms in total. The van der Waals surface area contributed by atoms with Gasteiger partial charge in [0.1, 0.15) is 22.0 Å². The van der Waals surface area contributed by atoms with Gasteiger partial charge in [0.2, 0.25) is 10.0 Å². The zero-order chi connectivity index (χ0) is 17.1. The van der Waals surface area contributed by atoms with E-state index in [0.29, 0.717) is 6.61 Å². The Balaban J connectivity index is 2.24. The third-order valence-corrected chi connectivity index (χ3v) is 4.77. The molecule has 0 saturated carbocycles. The van der Waals surface area contributed by atoms with E-state index >= 15 is 0 Å². The molecule has 0 aliphatic heterocycles. The van der Waals surface area contributed by atoms with E-state index in [0.717, 1.165) is 5.56 Å². The van der Waals surface area contributed by atoms with Gasteiger partial charge in [-0.15, -0.1) is 0 Å². The van der Waals surface area contributed by atoms with Crippen molar-refractivity contribution in [2.75, 3.05) is 13.2 Å². The molecule has 2 N–H and O–H groups in total. The zero-order valence-electron chi connectivity index (χ0n) is 13.4. The predicted molar refractivity (Wildman–Crippen MR) is 85.8 cm³/mol. The van der Waals surface area contributed by atoms with Gasteiger partial charge in [-0.1, -0.05) is 6.07 Å². The molecule has 1 aromatic carbocycles. The van der Waals surface area contributed by atoms with Crippen LogP contribution in [0.15, 0.2) is 45.9 Å². The summed E-state index contributed by atoms with van der Waals surface area (Å²) in [5, 5.41) is 10.4. The van der Waals surface area contributed by atoms with Crippen LogP contribution in [-0.2, 0) is 15.6 Å². The van der Waals surface area contributed by atoms with Crippen LogP contribution in [0.2, 0.25) is 0 Å². The Hall–Kier alpha value is -1.83. The van der Waals surface area contributed by atoms with Crippen molar-refractivity contribution in [3.05, 3.63) is 47.9 Å². The van der Waals surface area contributed by atoms with Crippen LogP contribution in [0.5, 0.6) is 5.75 Å². The van der Waals surface area contributed by atoms with Crippen LogP contribution >= 0.6 is 0 Å². The van der Waals surface area contributed by atoms with Crippen molar-refractivity contribution >= 4 is 10.0 Å². The highest BCUT2D eigenvalue weighted by Gasteiger charge is 2.29. The van der Waals surface area contributed by atoms with Crippen LogP contribution in [0.3, 0.4) is 0 Å². The van der Waals surface area contributed by atoms with Crippen molar-refractivity contribution in [3.63, 3.8) is 0 Å². The first-order chi connectivity index (χ1) is 10.8.